The molecule has 5 nitrogen and oxygen atoms in total. The van der Waals surface area contributed by atoms with E-state index in [-0.39, 0.29) is 25.3 Å². The molecular weight excluding hydrogens is 237 g/mol. The Labute approximate surface area is 95.8 Å². The molecule has 1 aromatic heterocycles. The average molecular weight is 250 g/mol. The van der Waals surface area contributed by atoms with Crippen molar-refractivity contribution in [2.75, 3.05) is 13.1 Å². The molecule has 0 spiro atoms. The molecule has 96 valence electrons. The summed E-state index contributed by atoms with van der Waals surface area (Å²) in [5, 5.41) is 5.78. The van der Waals surface area contributed by atoms with Crippen molar-refractivity contribution in [3.05, 3.63) is 17.5 Å². The normalized spacial score (nSPS) is 11.6. The van der Waals surface area contributed by atoms with Gasteiger partial charge in [-0.3, -0.25) is 9.48 Å². The van der Waals surface area contributed by atoms with Gasteiger partial charge in [-0.15, -0.1) is 0 Å². The van der Waals surface area contributed by atoms with E-state index in [1.807, 2.05) is 0 Å². The molecule has 0 aromatic carbocycles. The predicted molar refractivity (Wildman–Crippen MR) is 54.0 cm³/mol. The van der Waals surface area contributed by atoms with Crippen molar-refractivity contribution < 1.29 is 18.0 Å². The molecule has 3 N–H and O–H groups in total. The van der Waals surface area contributed by atoms with Crippen LogP contribution in [0.1, 0.15) is 11.4 Å². The highest BCUT2D eigenvalue weighted by molar-refractivity contribution is 5.75. The standard InChI is InChI=1S/C9H13F3N4O/c1-6-4-7(9(10,11)12)15-16(6)5-8(17)14-3-2-13/h4H,2-3,5,13H2,1H3,(H,14,17). The highest BCUT2D eigenvalue weighted by atomic mass is 19.4. The fraction of sp³-hybridized carbons (Fsp3) is 0.556. The number of amides is 1. The average Bonchev–Trinajstić information content (AvgIpc) is 2.57. The number of aryl methyl sites for hydroxylation is 1. The van der Waals surface area contributed by atoms with Crippen molar-refractivity contribution in [3.8, 4) is 0 Å². The Morgan fingerprint density at radius 2 is 2.24 bits per heavy atom. The van der Waals surface area contributed by atoms with Crippen molar-refractivity contribution >= 4 is 5.91 Å². The zero-order chi connectivity index (χ0) is 13.1. The number of rotatable bonds is 4. The highest BCUT2D eigenvalue weighted by Gasteiger charge is 2.34. The van der Waals surface area contributed by atoms with Gasteiger partial charge in [0.25, 0.3) is 0 Å². The van der Waals surface area contributed by atoms with Crippen LogP contribution in [0.25, 0.3) is 0 Å². The molecule has 0 radical (unpaired) electrons. The molecule has 0 unspecified atom stereocenters. The van der Waals surface area contributed by atoms with Gasteiger partial charge < -0.3 is 11.1 Å². The smallest absolute Gasteiger partial charge is 0.353 e. The largest absolute Gasteiger partial charge is 0.435 e. The summed E-state index contributed by atoms with van der Waals surface area (Å²) in [5.41, 5.74) is 4.45. The van der Waals surface area contributed by atoms with Gasteiger partial charge in [-0.1, -0.05) is 0 Å². The molecule has 1 heterocycles. The van der Waals surface area contributed by atoms with Crippen LogP contribution in [0.3, 0.4) is 0 Å². The van der Waals surface area contributed by atoms with Crippen LogP contribution in [0, 0.1) is 6.92 Å². The summed E-state index contributed by atoms with van der Waals surface area (Å²) in [7, 11) is 0. The zero-order valence-electron chi connectivity index (χ0n) is 9.21. The molecule has 0 bridgehead atoms. The van der Waals surface area contributed by atoms with Crippen molar-refractivity contribution in [2.45, 2.75) is 19.6 Å². The van der Waals surface area contributed by atoms with Gasteiger partial charge in [0.1, 0.15) is 6.54 Å². The Morgan fingerprint density at radius 1 is 1.59 bits per heavy atom. The van der Waals surface area contributed by atoms with Gasteiger partial charge in [-0.05, 0) is 13.0 Å². The van der Waals surface area contributed by atoms with E-state index in [2.05, 4.69) is 10.4 Å². The minimum atomic E-state index is -4.50. The third kappa shape index (κ3) is 3.74. The molecule has 0 fully saturated rings. The fourth-order valence-corrected chi connectivity index (χ4v) is 1.21. The monoisotopic (exact) mass is 250 g/mol. The molecule has 17 heavy (non-hydrogen) atoms. The zero-order valence-corrected chi connectivity index (χ0v) is 9.21. The number of nitrogens with one attached hydrogen (secondary N) is 1. The number of nitrogens with two attached hydrogens (primary N) is 1. The first kappa shape index (κ1) is 13.5. The summed E-state index contributed by atoms with van der Waals surface area (Å²) >= 11 is 0. The number of aromatic nitrogens is 2. The molecule has 0 atom stereocenters. The second-order valence-corrected chi connectivity index (χ2v) is 3.46. The Kier molecular flexibility index (Phi) is 4.11. The minimum Gasteiger partial charge on any atom is -0.353 e. The molecule has 8 heteroatoms. The van der Waals surface area contributed by atoms with Crippen LogP contribution in [0.15, 0.2) is 6.07 Å². The Balaban J connectivity index is 2.72. The minimum absolute atomic E-state index is 0.248. The summed E-state index contributed by atoms with van der Waals surface area (Å²) in [6.45, 7) is 1.77. The molecule has 0 saturated heterocycles. The molecule has 0 aliphatic carbocycles. The van der Waals surface area contributed by atoms with Gasteiger partial charge >= 0.3 is 6.18 Å². The third-order valence-corrected chi connectivity index (χ3v) is 2.03. The van der Waals surface area contributed by atoms with Crippen LogP contribution in [-0.4, -0.2) is 28.8 Å². The SMILES string of the molecule is Cc1cc(C(F)(F)F)nn1CC(=O)NCCN. The van der Waals surface area contributed by atoms with Crippen LogP contribution < -0.4 is 11.1 Å². The van der Waals surface area contributed by atoms with Crippen molar-refractivity contribution in [3.63, 3.8) is 0 Å². The summed E-state index contributed by atoms with van der Waals surface area (Å²) in [4.78, 5) is 11.3. The lowest BCUT2D eigenvalue weighted by Gasteiger charge is -2.05. The van der Waals surface area contributed by atoms with Gasteiger partial charge in [0.15, 0.2) is 5.69 Å². The van der Waals surface area contributed by atoms with Gasteiger partial charge in [0, 0.05) is 18.8 Å². The van der Waals surface area contributed by atoms with Crippen LogP contribution >= 0.6 is 0 Å². The summed E-state index contributed by atoms with van der Waals surface area (Å²) in [5.74, 6) is -0.421. The van der Waals surface area contributed by atoms with Gasteiger partial charge in [-0.25, -0.2) is 0 Å². The third-order valence-electron chi connectivity index (χ3n) is 2.03. The van der Waals surface area contributed by atoms with E-state index in [1.54, 1.807) is 0 Å². The van der Waals surface area contributed by atoms with E-state index in [1.165, 1.54) is 6.92 Å². The number of hydrogen-bond donors (Lipinski definition) is 2. The van der Waals surface area contributed by atoms with E-state index < -0.39 is 17.8 Å². The van der Waals surface area contributed by atoms with Crippen LogP contribution in [0.5, 0.6) is 0 Å². The first-order chi connectivity index (χ1) is 7.84. The second kappa shape index (κ2) is 5.17. The number of halogens is 3. The first-order valence-electron chi connectivity index (χ1n) is 4.93. The number of carbonyl (C=O) groups is 1. The molecular formula is C9H13F3N4O. The van der Waals surface area contributed by atoms with Crippen molar-refractivity contribution in [1.29, 1.82) is 0 Å². The predicted octanol–water partition coefficient (Wildman–Crippen LogP) is 0.285. The highest BCUT2D eigenvalue weighted by Crippen LogP contribution is 2.28. The van der Waals surface area contributed by atoms with Crippen molar-refractivity contribution in [2.24, 2.45) is 5.73 Å². The maximum atomic E-state index is 12.3. The molecule has 1 aromatic rings. The van der Waals surface area contributed by atoms with Crippen LogP contribution in [0.4, 0.5) is 13.2 Å². The number of hydrogen-bond acceptors (Lipinski definition) is 3. The van der Waals surface area contributed by atoms with E-state index in [9.17, 15) is 18.0 Å². The summed E-state index contributed by atoms with van der Waals surface area (Å²) in [6.07, 6.45) is -4.50. The topological polar surface area (TPSA) is 72.9 Å². The molecule has 0 aliphatic heterocycles. The lowest BCUT2D eigenvalue weighted by atomic mass is 10.3. The Bertz CT molecular complexity index is 399. The number of nitrogens with zero attached hydrogens (tertiary/aromatic N) is 2. The van der Waals surface area contributed by atoms with Gasteiger partial charge in [-0.2, -0.15) is 18.3 Å². The lowest BCUT2D eigenvalue weighted by Crippen LogP contribution is -2.32. The Hall–Kier alpha value is -1.57. The van der Waals surface area contributed by atoms with E-state index in [4.69, 9.17) is 5.73 Å². The molecule has 1 amide bonds. The Morgan fingerprint density at radius 3 is 2.71 bits per heavy atom. The number of carbonyl (C=O) groups excluding carboxylic acids is 1. The van der Waals surface area contributed by atoms with Crippen molar-refractivity contribution in [1.82, 2.24) is 15.1 Å². The van der Waals surface area contributed by atoms with Crippen LogP contribution in [-0.2, 0) is 17.5 Å². The van der Waals surface area contributed by atoms with E-state index in [0.29, 0.717) is 0 Å². The first-order valence-corrected chi connectivity index (χ1v) is 4.93. The molecule has 0 aliphatic rings. The van der Waals surface area contributed by atoms with E-state index >= 15 is 0 Å². The van der Waals surface area contributed by atoms with Crippen LogP contribution in [0.2, 0.25) is 0 Å². The lowest BCUT2D eigenvalue weighted by molar-refractivity contribution is -0.141. The maximum absolute atomic E-state index is 12.3. The molecule has 1 rings (SSSR count). The van der Waals surface area contributed by atoms with Gasteiger partial charge in [0.2, 0.25) is 5.91 Å². The van der Waals surface area contributed by atoms with E-state index in [0.717, 1.165) is 10.7 Å². The molecule has 0 saturated carbocycles. The summed E-state index contributed by atoms with van der Waals surface area (Å²) in [6, 6.07) is 0.899. The quantitative estimate of drug-likeness (QED) is 0.806. The van der Waals surface area contributed by atoms with Gasteiger partial charge in [0.05, 0.1) is 0 Å². The number of alkyl halides is 3. The summed E-state index contributed by atoms with van der Waals surface area (Å²) < 4.78 is 38.0. The maximum Gasteiger partial charge on any atom is 0.435 e. The second-order valence-electron chi connectivity index (χ2n) is 3.46. The fourth-order valence-electron chi connectivity index (χ4n) is 1.21.